The van der Waals surface area contributed by atoms with Crippen molar-refractivity contribution in [3.63, 3.8) is 0 Å². The van der Waals surface area contributed by atoms with Crippen molar-refractivity contribution in [1.29, 1.82) is 5.26 Å². The van der Waals surface area contributed by atoms with E-state index in [9.17, 15) is 14.9 Å². The molecule has 2 aliphatic carbocycles. The minimum atomic E-state index is -0.550. The van der Waals surface area contributed by atoms with Gasteiger partial charge in [0.1, 0.15) is 6.07 Å². The van der Waals surface area contributed by atoms with Gasteiger partial charge in [0.2, 0.25) is 5.91 Å². The summed E-state index contributed by atoms with van der Waals surface area (Å²) in [6, 6.07) is 2.04. The normalized spacial score (nSPS) is 35.5. The standard InChI is InChI=1S/C16H22N2O2/c1-10(19)18-13-7-5-6-12-15(2,3)14(20)11(9-17)8-16(12,13)4/h8,12-13H,5-7H2,1-4H3,(H,18,19)/t12-,13-,16+/m1/s1. The molecule has 4 nitrogen and oxygen atoms in total. The van der Waals surface area contributed by atoms with Crippen molar-refractivity contribution < 1.29 is 9.59 Å². The van der Waals surface area contributed by atoms with Crippen LogP contribution in [0.25, 0.3) is 0 Å². The van der Waals surface area contributed by atoms with Gasteiger partial charge in [-0.2, -0.15) is 5.26 Å². The van der Waals surface area contributed by atoms with E-state index in [4.69, 9.17) is 0 Å². The molecule has 3 atom stereocenters. The van der Waals surface area contributed by atoms with E-state index in [1.165, 1.54) is 6.92 Å². The van der Waals surface area contributed by atoms with Crippen LogP contribution in [-0.2, 0) is 9.59 Å². The van der Waals surface area contributed by atoms with Gasteiger partial charge in [0, 0.05) is 23.8 Å². The summed E-state index contributed by atoms with van der Waals surface area (Å²) >= 11 is 0. The van der Waals surface area contributed by atoms with Crippen molar-refractivity contribution in [2.45, 2.75) is 53.0 Å². The second-order valence-electron chi connectivity index (χ2n) is 6.82. The molecule has 1 fully saturated rings. The molecular weight excluding hydrogens is 252 g/mol. The van der Waals surface area contributed by atoms with Crippen LogP contribution < -0.4 is 5.32 Å². The topological polar surface area (TPSA) is 70.0 Å². The fourth-order valence-corrected chi connectivity index (χ4v) is 4.17. The fourth-order valence-electron chi connectivity index (χ4n) is 4.17. The summed E-state index contributed by atoms with van der Waals surface area (Å²) in [5, 5.41) is 12.3. The van der Waals surface area contributed by atoms with E-state index < -0.39 is 5.41 Å². The molecule has 1 N–H and O–H groups in total. The molecule has 0 aromatic heterocycles. The van der Waals surface area contributed by atoms with E-state index in [-0.39, 0.29) is 34.6 Å². The molecule has 0 radical (unpaired) electrons. The third kappa shape index (κ3) is 2.06. The van der Waals surface area contributed by atoms with Crippen molar-refractivity contribution in [3.8, 4) is 6.07 Å². The summed E-state index contributed by atoms with van der Waals surface area (Å²) in [5.74, 6) is 0.0367. The van der Waals surface area contributed by atoms with E-state index >= 15 is 0 Å². The zero-order valence-corrected chi connectivity index (χ0v) is 12.6. The van der Waals surface area contributed by atoms with Crippen LogP contribution in [0.1, 0.15) is 47.0 Å². The first-order chi connectivity index (χ1) is 9.23. The first kappa shape index (κ1) is 14.8. The number of rotatable bonds is 1. The predicted molar refractivity (Wildman–Crippen MR) is 75.5 cm³/mol. The summed E-state index contributed by atoms with van der Waals surface area (Å²) in [4.78, 5) is 23.9. The molecule has 2 aliphatic rings. The largest absolute Gasteiger partial charge is 0.353 e. The second-order valence-corrected chi connectivity index (χ2v) is 6.82. The molecule has 1 amide bonds. The molecule has 0 saturated heterocycles. The number of nitriles is 1. The first-order valence-electron chi connectivity index (χ1n) is 7.18. The lowest BCUT2D eigenvalue weighted by Crippen LogP contribution is -2.58. The molecule has 0 bridgehead atoms. The van der Waals surface area contributed by atoms with E-state index in [1.807, 2.05) is 26.0 Å². The van der Waals surface area contributed by atoms with Crippen molar-refractivity contribution in [2.75, 3.05) is 0 Å². The minimum absolute atomic E-state index is 0.00512. The Morgan fingerprint density at radius 3 is 2.60 bits per heavy atom. The van der Waals surface area contributed by atoms with E-state index in [1.54, 1.807) is 0 Å². The molecule has 108 valence electrons. The lowest BCUT2D eigenvalue weighted by Gasteiger charge is -2.54. The Labute approximate surface area is 120 Å². The molecule has 0 aromatic carbocycles. The van der Waals surface area contributed by atoms with Gasteiger partial charge >= 0.3 is 0 Å². The number of carbonyl (C=O) groups is 2. The van der Waals surface area contributed by atoms with Crippen LogP contribution in [0.5, 0.6) is 0 Å². The third-order valence-corrected chi connectivity index (χ3v) is 5.14. The Morgan fingerprint density at radius 1 is 1.40 bits per heavy atom. The van der Waals surface area contributed by atoms with Gasteiger partial charge in [-0.3, -0.25) is 9.59 Å². The molecule has 0 spiro atoms. The molecular formula is C16H22N2O2. The van der Waals surface area contributed by atoms with Crippen LogP contribution in [0.15, 0.2) is 11.6 Å². The molecule has 0 heterocycles. The predicted octanol–water partition coefficient (Wildman–Crippen LogP) is 2.36. The Hall–Kier alpha value is -1.63. The van der Waals surface area contributed by atoms with Crippen LogP contribution in [0.4, 0.5) is 0 Å². The Bertz CT molecular complexity index is 527. The number of carbonyl (C=O) groups excluding carboxylic acids is 2. The van der Waals surface area contributed by atoms with Gasteiger partial charge in [-0.15, -0.1) is 0 Å². The lowest BCUT2D eigenvalue weighted by atomic mass is 9.51. The Morgan fingerprint density at radius 2 is 2.05 bits per heavy atom. The minimum Gasteiger partial charge on any atom is -0.353 e. The summed E-state index contributed by atoms with van der Waals surface area (Å²) < 4.78 is 0. The van der Waals surface area contributed by atoms with Gasteiger partial charge < -0.3 is 5.32 Å². The van der Waals surface area contributed by atoms with Gasteiger partial charge in [-0.1, -0.05) is 33.3 Å². The highest BCUT2D eigenvalue weighted by Crippen LogP contribution is 2.55. The molecule has 1 saturated carbocycles. The average Bonchev–Trinajstić information content (AvgIpc) is 2.36. The van der Waals surface area contributed by atoms with E-state index in [0.29, 0.717) is 0 Å². The number of fused-ring (bicyclic) bond motifs is 1. The average molecular weight is 274 g/mol. The van der Waals surface area contributed by atoms with Gasteiger partial charge in [0.25, 0.3) is 0 Å². The Kier molecular flexibility index (Phi) is 3.49. The van der Waals surface area contributed by atoms with Crippen LogP contribution >= 0.6 is 0 Å². The highest BCUT2D eigenvalue weighted by molar-refractivity contribution is 6.04. The number of nitrogens with zero attached hydrogens (tertiary/aromatic N) is 1. The summed E-state index contributed by atoms with van der Waals surface area (Å²) in [6.07, 6.45) is 4.66. The lowest BCUT2D eigenvalue weighted by molar-refractivity contribution is -0.132. The summed E-state index contributed by atoms with van der Waals surface area (Å²) in [5.41, 5.74) is -0.635. The molecule has 4 heteroatoms. The number of amides is 1. The van der Waals surface area contributed by atoms with Crippen molar-refractivity contribution in [2.24, 2.45) is 16.7 Å². The number of hydrogen-bond acceptors (Lipinski definition) is 3. The van der Waals surface area contributed by atoms with Crippen molar-refractivity contribution in [3.05, 3.63) is 11.6 Å². The quantitative estimate of drug-likeness (QED) is 0.798. The molecule has 0 aliphatic heterocycles. The Balaban J connectivity index is 2.52. The van der Waals surface area contributed by atoms with Crippen molar-refractivity contribution in [1.82, 2.24) is 5.32 Å². The SMILES string of the molecule is CC(=O)N[C@@H]1CCC[C@@H]2C(C)(C)C(=O)C(C#N)=C[C@@]21C. The number of nitrogens with one attached hydrogen (secondary N) is 1. The maximum atomic E-state index is 12.4. The van der Waals surface area contributed by atoms with Gasteiger partial charge in [-0.25, -0.2) is 0 Å². The summed E-state index contributed by atoms with van der Waals surface area (Å²) in [6.45, 7) is 7.45. The highest BCUT2D eigenvalue weighted by Gasteiger charge is 2.55. The zero-order valence-electron chi connectivity index (χ0n) is 12.6. The monoisotopic (exact) mass is 274 g/mol. The fraction of sp³-hybridized carbons (Fsp3) is 0.688. The maximum absolute atomic E-state index is 12.4. The highest BCUT2D eigenvalue weighted by atomic mass is 16.1. The first-order valence-corrected chi connectivity index (χ1v) is 7.18. The van der Waals surface area contributed by atoms with E-state index in [0.717, 1.165) is 19.3 Å². The van der Waals surface area contributed by atoms with Crippen LogP contribution in [-0.4, -0.2) is 17.7 Å². The van der Waals surface area contributed by atoms with Gasteiger partial charge in [-0.05, 0) is 18.8 Å². The number of ketones is 1. The van der Waals surface area contributed by atoms with Crippen LogP contribution in [0.3, 0.4) is 0 Å². The second kappa shape index (κ2) is 4.73. The van der Waals surface area contributed by atoms with Crippen LogP contribution in [0, 0.1) is 28.1 Å². The number of allylic oxidation sites excluding steroid dienone is 1. The van der Waals surface area contributed by atoms with Gasteiger partial charge in [0.15, 0.2) is 5.78 Å². The number of hydrogen-bond donors (Lipinski definition) is 1. The molecule has 2 rings (SSSR count). The smallest absolute Gasteiger partial charge is 0.217 e. The summed E-state index contributed by atoms with van der Waals surface area (Å²) in [7, 11) is 0. The maximum Gasteiger partial charge on any atom is 0.217 e. The van der Waals surface area contributed by atoms with Crippen molar-refractivity contribution >= 4 is 11.7 Å². The van der Waals surface area contributed by atoms with E-state index in [2.05, 4.69) is 12.2 Å². The molecule has 0 aromatic rings. The molecule has 0 unspecified atom stereocenters. The zero-order chi connectivity index (χ0) is 15.1. The van der Waals surface area contributed by atoms with Gasteiger partial charge in [0.05, 0.1) is 5.57 Å². The number of Topliss-reactive ketones (excluding diaryl/α,β-unsaturated/α-hetero) is 1. The third-order valence-electron chi connectivity index (χ3n) is 5.14. The van der Waals surface area contributed by atoms with Crippen LogP contribution in [0.2, 0.25) is 0 Å². The molecule has 20 heavy (non-hydrogen) atoms.